The second-order valence-corrected chi connectivity index (χ2v) is 5.07. The molecule has 0 spiro atoms. The number of nitrogens with one attached hydrogen (secondary N) is 2. The summed E-state index contributed by atoms with van der Waals surface area (Å²) < 4.78 is 0.988. The number of carbonyl (C=O) groups is 1. The molecule has 0 aromatic heterocycles. The zero-order chi connectivity index (χ0) is 11.5. The Morgan fingerprint density at radius 2 is 2.31 bits per heavy atom. The average molecular weight is 283 g/mol. The molecule has 2 N–H and O–H groups in total. The molecule has 3 nitrogen and oxygen atoms in total. The number of carbonyl (C=O) groups excluding carboxylic acids is 1. The van der Waals surface area contributed by atoms with Crippen molar-refractivity contribution in [2.75, 3.05) is 11.9 Å². The third-order valence-corrected chi connectivity index (χ3v) is 3.14. The van der Waals surface area contributed by atoms with Gasteiger partial charge < -0.3 is 10.6 Å². The average Bonchev–Trinajstić information content (AvgIpc) is 2.68. The topological polar surface area (TPSA) is 41.1 Å². The lowest BCUT2D eigenvalue weighted by molar-refractivity contribution is -0.117. The maximum atomic E-state index is 11.8. The highest BCUT2D eigenvalue weighted by Gasteiger charge is 2.21. The fourth-order valence-electron chi connectivity index (χ4n) is 1.95. The summed E-state index contributed by atoms with van der Waals surface area (Å²) in [7, 11) is 0. The maximum absolute atomic E-state index is 11.8. The van der Waals surface area contributed by atoms with Crippen molar-refractivity contribution in [2.24, 2.45) is 0 Å². The van der Waals surface area contributed by atoms with Gasteiger partial charge in [-0.25, -0.2) is 0 Å². The van der Waals surface area contributed by atoms with Gasteiger partial charge in [0.05, 0.1) is 6.04 Å². The van der Waals surface area contributed by atoms with Gasteiger partial charge in [0, 0.05) is 10.2 Å². The number of rotatable bonds is 2. The van der Waals surface area contributed by atoms with E-state index in [4.69, 9.17) is 0 Å². The van der Waals surface area contributed by atoms with Gasteiger partial charge in [-0.3, -0.25) is 4.79 Å². The molecule has 16 heavy (non-hydrogen) atoms. The van der Waals surface area contributed by atoms with Crippen molar-refractivity contribution < 1.29 is 4.79 Å². The van der Waals surface area contributed by atoms with Crippen LogP contribution in [0.5, 0.6) is 0 Å². The Bertz CT molecular complexity index is 380. The summed E-state index contributed by atoms with van der Waals surface area (Å²) in [6, 6.07) is 5.88. The highest BCUT2D eigenvalue weighted by atomic mass is 79.9. The van der Waals surface area contributed by atoms with Gasteiger partial charge in [0.15, 0.2) is 0 Å². The van der Waals surface area contributed by atoms with E-state index in [2.05, 4.69) is 26.6 Å². The standard InChI is InChI=1S/C12H15BrN2O/c1-8-5-9(13)7-10(6-8)15-12(16)11-3-2-4-14-11/h5-7,11,14H,2-4H2,1H3,(H,15,16)/t11-/m0/s1. The van der Waals surface area contributed by atoms with Crippen molar-refractivity contribution >= 4 is 27.5 Å². The fraction of sp³-hybridized carbons (Fsp3) is 0.417. The molecule has 86 valence electrons. The van der Waals surface area contributed by atoms with Gasteiger partial charge in [-0.15, -0.1) is 0 Å². The molecule has 1 aliphatic heterocycles. The monoisotopic (exact) mass is 282 g/mol. The number of hydrogen-bond acceptors (Lipinski definition) is 2. The Kier molecular flexibility index (Phi) is 3.61. The molecule has 1 aromatic rings. The molecule has 1 atom stereocenters. The number of aryl methyl sites for hydroxylation is 1. The van der Waals surface area contributed by atoms with Crippen molar-refractivity contribution in [3.63, 3.8) is 0 Å². The number of halogens is 1. The van der Waals surface area contributed by atoms with Gasteiger partial charge in [-0.1, -0.05) is 15.9 Å². The van der Waals surface area contributed by atoms with Crippen LogP contribution < -0.4 is 10.6 Å². The van der Waals surface area contributed by atoms with E-state index in [1.54, 1.807) is 0 Å². The summed E-state index contributed by atoms with van der Waals surface area (Å²) in [5.41, 5.74) is 1.98. The normalized spacial score (nSPS) is 19.8. The molecular formula is C12H15BrN2O. The summed E-state index contributed by atoms with van der Waals surface area (Å²) in [5.74, 6) is 0.0648. The molecule has 1 heterocycles. The van der Waals surface area contributed by atoms with E-state index in [1.807, 2.05) is 25.1 Å². The summed E-state index contributed by atoms with van der Waals surface area (Å²) in [6.45, 7) is 2.95. The summed E-state index contributed by atoms with van der Waals surface area (Å²) in [4.78, 5) is 11.8. The predicted molar refractivity (Wildman–Crippen MR) is 68.5 cm³/mol. The van der Waals surface area contributed by atoms with E-state index in [1.165, 1.54) is 0 Å². The van der Waals surface area contributed by atoms with E-state index in [-0.39, 0.29) is 11.9 Å². The largest absolute Gasteiger partial charge is 0.325 e. The third kappa shape index (κ3) is 2.83. The van der Waals surface area contributed by atoms with E-state index in [9.17, 15) is 4.79 Å². The smallest absolute Gasteiger partial charge is 0.241 e. The van der Waals surface area contributed by atoms with Crippen LogP contribution in [0.4, 0.5) is 5.69 Å². The minimum absolute atomic E-state index is 0.0284. The number of anilines is 1. The van der Waals surface area contributed by atoms with Crippen molar-refractivity contribution in [3.8, 4) is 0 Å². The molecular weight excluding hydrogens is 268 g/mol. The van der Waals surface area contributed by atoms with E-state index in [0.29, 0.717) is 0 Å². The first kappa shape index (κ1) is 11.6. The van der Waals surface area contributed by atoms with E-state index < -0.39 is 0 Å². The number of amides is 1. The Morgan fingerprint density at radius 1 is 1.50 bits per heavy atom. The Hall–Kier alpha value is -0.870. The number of benzene rings is 1. The van der Waals surface area contributed by atoms with Crippen LogP contribution in [0.2, 0.25) is 0 Å². The van der Waals surface area contributed by atoms with Crippen LogP contribution >= 0.6 is 15.9 Å². The lowest BCUT2D eigenvalue weighted by Crippen LogP contribution is -2.35. The molecule has 2 rings (SSSR count). The van der Waals surface area contributed by atoms with Gasteiger partial charge >= 0.3 is 0 Å². The lowest BCUT2D eigenvalue weighted by Gasteiger charge is -2.11. The second-order valence-electron chi connectivity index (χ2n) is 4.16. The van der Waals surface area contributed by atoms with Crippen LogP contribution in [0.1, 0.15) is 18.4 Å². The van der Waals surface area contributed by atoms with Crippen molar-refractivity contribution in [3.05, 3.63) is 28.2 Å². The van der Waals surface area contributed by atoms with Crippen molar-refractivity contribution in [1.29, 1.82) is 0 Å². The third-order valence-electron chi connectivity index (χ3n) is 2.69. The SMILES string of the molecule is Cc1cc(Br)cc(NC(=O)[C@@H]2CCCN2)c1. The first-order valence-electron chi connectivity index (χ1n) is 5.46. The quantitative estimate of drug-likeness (QED) is 0.875. The summed E-state index contributed by atoms with van der Waals surface area (Å²) in [5, 5.41) is 6.12. The van der Waals surface area contributed by atoms with Crippen LogP contribution in [0.15, 0.2) is 22.7 Å². The number of hydrogen-bond donors (Lipinski definition) is 2. The molecule has 1 saturated heterocycles. The molecule has 1 amide bonds. The first-order chi connectivity index (χ1) is 7.65. The van der Waals surface area contributed by atoms with Crippen LogP contribution in [0, 0.1) is 6.92 Å². The Morgan fingerprint density at radius 3 is 2.94 bits per heavy atom. The zero-order valence-electron chi connectivity index (χ0n) is 9.22. The molecule has 1 aromatic carbocycles. The van der Waals surface area contributed by atoms with Crippen molar-refractivity contribution in [1.82, 2.24) is 5.32 Å². The van der Waals surface area contributed by atoms with Gasteiger partial charge in [0.1, 0.15) is 0 Å². The molecule has 0 aliphatic carbocycles. The summed E-state index contributed by atoms with van der Waals surface area (Å²) >= 11 is 3.42. The first-order valence-corrected chi connectivity index (χ1v) is 6.26. The Balaban J connectivity index is 2.05. The minimum Gasteiger partial charge on any atom is -0.325 e. The zero-order valence-corrected chi connectivity index (χ0v) is 10.8. The minimum atomic E-state index is -0.0284. The molecule has 0 saturated carbocycles. The molecule has 0 unspecified atom stereocenters. The van der Waals surface area contributed by atoms with Crippen LogP contribution in [0.25, 0.3) is 0 Å². The van der Waals surface area contributed by atoms with Gasteiger partial charge in [-0.05, 0) is 50.1 Å². The lowest BCUT2D eigenvalue weighted by atomic mass is 10.2. The predicted octanol–water partition coefficient (Wildman–Crippen LogP) is 2.45. The van der Waals surface area contributed by atoms with Crippen LogP contribution in [-0.4, -0.2) is 18.5 Å². The highest BCUT2D eigenvalue weighted by Crippen LogP contribution is 2.19. The molecule has 4 heteroatoms. The van der Waals surface area contributed by atoms with Crippen molar-refractivity contribution in [2.45, 2.75) is 25.8 Å². The molecule has 1 aliphatic rings. The van der Waals surface area contributed by atoms with Gasteiger partial charge in [0.2, 0.25) is 5.91 Å². The van der Waals surface area contributed by atoms with Gasteiger partial charge in [-0.2, -0.15) is 0 Å². The maximum Gasteiger partial charge on any atom is 0.241 e. The second kappa shape index (κ2) is 4.97. The van der Waals surface area contributed by atoms with E-state index >= 15 is 0 Å². The molecule has 0 bridgehead atoms. The highest BCUT2D eigenvalue weighted by molar-refractivity contribution is 9.10. The summed E-state index contributed by atoms with van der Waals surface area (Å²) in [6.07, 6.45) is 2.01. The van der Waals surface area contributed by atoms with Gasteiger partial charge in [0.25, 0.3) is 0 Å². The van der Waals surface area contributed by atoms with E-state index in [0.717, 1.165) is 35.1 Å². The van der Waals surface area contributed by atoms with Crippen LogP contribution in [0.3, 0.4) is 0 Å². The Labute approximate surface area is 104 Å². The molecule has 1 fully saturated rings. The van der Waals surface area contributed by atoms with Crippen LogP contribution in [-0.2, 0) is 4.79 Å². The fourth-order valence-corrected chi connectivity index (χ4v) is 2.55. The molecule has 0 radical (unpaired) electrons.